The second-order valence-electron chi connectivity index (χ2n) is 13.2. The molecule has 4 aliphatic carbocycles. The Hall–Kier alpha value is -0.970. The van der Waals surface area contributed by atoms with E-state index in [0.29, 0.717) is 5.41 Å². The number of nitriles is 1. The zero-order chi connectivity index (χ0) is 23.1. The van der Waals surface area contributed by atoms with Gasteiger partial charge in [0.05, 0.1) is 24.9 Å². The molecule has 0 amide bonds. The molecule has 2 nitrogen and oxygen atoms in total. The third-order valence-electron chi connectivity index (χ3n) is 11.4. The summed E-state index contributed by atoms with van der Waals surface area (Å²) in [5.74, 6) is 5.10. The Balaban J connectivity index is 1.52. The van der Waals surface area contributed by atoms with Crippen molar-refractivity contribution in [2.24, 2.45) is 51.8 Å². The summed E-state index contributed by atoms with van der Waals surface area (Å²) in [6.07, 6.45) is 17.4. The molecule has 2 heteroatoms. The molecule has 8 atom stereocenters. The SMILES string of the molecule is CO/C=C1\CC[C@]2(C)[C@H]3CC[C@]4(C)[C@@H]([C@H](C)CCCC(C)C)CC[C@H]4[C@@H]3CC[C@@]2(C#N)C1. The van der Waals surface area contributed by atoms with E-state index in [2.05, 4.69) is 40.7 Å². The number of nitrogens with zero attached hydrogens (tertiary/aromatic N) is 1. The normalized spacial score (nSPS) is 45.6. The first-order valence-corrected chi connectivity index (χ1v) is 13.8. The van der Waals surface area contributed by atoms with E-state index in [-0.39, 0.29) is 10.8 Å². The molecule has 4 aliphatic rings. The first-order chi connectivity index (χ1) is 15.2. The van der Waals surface area contributed by atoms with Crippen LogP contribution in [0.3, 0.4) is 0 Å². The molecule has 0 N–H and O–H groups in total. The lowest BCUT2D eigenvalue weighted by Crippen LogP contribution is -2.57. The van der Waals surface area contributed by atoms with Gasteiger partial charge in [0.2, 0.25) is 0 Å². The van der Waals surface area contributed by atoms with Gasteiger partial charge in [-0.15, -0.1) is 0 Å². The van der Waals surface area contributed by atoms with Crippen molar-refractivity contribution in [3.05, 3.63) is 11.8 Å². The maximum Gasteiger partial charge on any atom is 0.0817 e. The Morgan fingerprint density at radius 3 is 2.50 bits per heavy atom. The molecule has 0 saturated heterocycles. The van der Waals surface area contributed by atoms with Crippen molar-refractivity contribution in [3.8, 4) is 6.07 Å². The zero-order valence-electron chi connectivity index (χ0n) is 21.9. The zero-order valence-corrected chi connectivity index (χ0v) is 21.9. The average molecular weight is 440 g/mol. The van der Waals surface area contributed by atoms with E-state index in [9.17, 15) is 5.26 Å². The summed E-state index contributed by atoms with van der Waals surface area (Å²) in [5, 5.41) is 10.5. The fraction of sp³-hybridized carbons (Fsp3) is 0.900. The van der Waals surface area contributed by atoms with Crippen LogP contribution in [0, 0.1) is 63.1 Å². The summed E-state index contributed by atoms with van der Waals surface area (Å²) < 4.78 is 5.36. The predicted molar refractivity (Wildman–Crippen MR) is 133 cm³/mol. The molecule has 0 aromatic rings. The van der Waals surface area contributed by atoms with Gasteiger partial charge in [-0.2, -0.15) is 5.26 Å². The molecule has 180 valence electrons. The first kappa shape index (κ1) is 24.2. The van der Waals surface area contributed by atoms with Crippen molar-refractivity contribution >= 4 is 0 Å². The van der Waals surface area contributed by atoms with E-state index < -0.39 is 0 Å². The highest BCUT2D eigenvalue weighted by atomic mass is 16.5. The minimum absolute atomic E-state index is 0.174. The smallest absolute Gasteiger partial charge is 0.0817 e. The highest BCUT2D eigenvalue weighted by Gasteiger charge is 2.64. The number of rotatable bonds is 6. The van der Waals surface area contributed by atoms with E-state index in [1.165, 1.54) is 63.4 Å². The van der Waals surface area contributed by atoms with Gasteiger partial charge in [0.25, 0.3) is 0 Å². The molecule has 4 saturated carbocycles. The molecule has 0 bridgehead atoms. The molecule has 0 aliphatic heterocycles. The van der Waals surface area contributed by atoms with E-state index >= 15 is 0 Å². The maximum absolute atomic E-state index is 10.5. The van der Waals surface area contributed by atoms with E-state index in [4.69, 9.17) is 4.74 Å². The number of methoxy groups -OCH3 is 1. The van der Waals surface area contributed by atoms with Crippen LogP contribution in [-0.4, -0.2) is 7.11 Å². The van der Waals surface area contributed by atoms with Gasteiger partial charge >= 0.3 is 0 Å². The Labute approximate surface area is 198 Å². The monoisotopic (exact) mass is 439 g/mol. The van der Waals surface area contributed by atoms with Crippen molar-refractivity contribution in [1.82, 2.24) is 0 Å². The number of hydrogen-bond acceptors (Lipinski definition) is 2. The van der Waals surface area contributed by atoms with Crippen LogP contribution in [0.2, 0.25) is 0 Å². The van der Waals surface area contributed by atoms with Crippen LogP contribution in [0.5, 0.6) is 0 Å². The number of fused-ring (bicyclic) bond motifs is 5. The van der Waals surface area contributed by atoms with Crippen LogP contribution in [-0.2, 0) is 4.74 Å². The predicted octanol–water partition coefficient (Wildman–Crippen LogP) is 8.53. The molecular weight excluding hydrogens is 390 g/mol. The molecule has 0 aromatic heterocycles. The van der Waals surface area contributed by atoms with Gasteiger partial charge in [-0.1, -0.05) is 53.9 Å². The second-order valence-corrected chi connectivity index (χ2v) is 13.2. The molecule has 0 spiro atoms. The van der Waals surface area contributed by atoms with Gasteiger partial charge in [0.1, 0.15) is 0 Å². The minimum Gasteiger partial charge on any atom is -0.504 e. The Bertz CT molecular complexity index is 748. The summed E-state index contributed by atoms with van der Waals surface area (Å²) in [6.45, 7) is 12.5. The quantitative estimate of drug-likeness (QED) is 0.388. The molecule has 32 heavy (non-hydrogen) atoms. The van der Waals surface area contributed by atoms with Gasteiger partial charge < -0.3 is 4.74 Å². The lowest BCUT2D eigenvalue weighted by atomic mass is 9.40. The standard InChI is InChI=1S/C30H49NO/c1-21(2)8-7-9-22(3)25-10-11-26-24-13-17-30(20-31)18-23(19-32-6)12-16-29(30,5)27(24)14-15-28(25,26)4/h19,21-22,24-27H,7-18H2,1-6H3/b23-19+/t22-,24+,25-,26+,27+,28-,29-,30+/m1/s1. The Morgan fingerprint density at radius 2 is 1.81 bits per heavy atom. The Morgan fingerprint density at radius 1 is 1.03 bits per heavy atom. The van der Waals surface area contributed by atoms with E-state index in [0.717, 1.165) is 54.8 Å². The van der Waals surface area contributed by atoms with Gasteiger partial charge in [-0.05, 0) is 110 Å². The number of allylic oxidation sites excluding steroid dienone is 1. The lowest BCUT2D eigenvalue weighted by molar-refractivity contribution is -0.133. The summed E-state index contributed by atoms with van der Waals surface area (Å²) in [7, 11) is 1.75. The Kier molecular flexibility index (Phi) is 6.80. The molecule has 0 radical (unpaired) electrons. The van der Waals surface area contributed by atoms with Crippen LogP contribution in [0.1, 0.15) is 112 Å². The van der Waals surface area contributed by atoms with Gasteiger partial charge in [-0.3, -0.25) is 0 Å². The molecule has 0 aromatic carbocycles. The van der Waals surface area contributed by atoms with Gasteiger partial charge in [0, 0.05) is 0 Å². The second kappa shape index (κ2) is 9.00. The summed E-state index contributed by atoms with van der Waals surface area (Å²) >= 11 is 0. The minimum atomic E-state index is -0.174. The van der Waals surface area contributed by atoms with Crippen LogP contribution < -0.4 is 0 Å². The van der Waals surface area contributed by atoms with E-state index in [1.807, 2.05) is 6.26 Å². The topological polar surface area (TPSA) is 33.0 Å². The van der Waals surface area contributed by atoms with Crippen molar-refractivity contribution in [1.29, 1.82) is 5.26 Å². The molecular formula is C30H49NO. The number of hydrogen-bond donors (Lipinski definition) is 0. The highest BCUT2D eigenvalue weighted by molar-refractivity contribution is 5.25. The summed E-state index contributed by atoms with van der Waals surface area (Å²) in [6, 6.07) is 2.91. The third-order valence-corrected chi connectivity index (χ3v) is 11.4. The van der Waals surface area contributed by atoms with Crippen LogP contribution in [0.25, 0.3) is 0 Å². The molecule has 4 fully saturated rings. The summed E-state index contributed by atoms with van der Waals surface area (Å²) in [5.41, 5.74) is 1.91. The van der Waals surface area contributed by atoms with E-state index in [1.54, 1.807) is 7.11 Å². The number of ether oxygens (including phenoxy) is 1. The molecule has 0 heterocycles. The van der Waals surface area contributed by atoms with Crippen molar-refractivity contribution in [2.45, 2.75) is 112 Å². The van der Waals surface area contributed by atoms with Crippen molar-refractivity contribution in [2.75, 3.05) is 7.11 Å². The molecule has 0 unspecified atom stereocenters. The van der Waals surface area contributed by atoms with Crippen molar-refractivity contribution < 1.29 is 4.74 Å². The van der Waals surface area contributed by atoms with Crippen LogP contribution in [0.15, 0.2) is 11.8 Å². The van der Waals surface area contributed by atoms with Gasteiger partial charge in [-0.25, -0.2) is 0 Å². The molecule has 4 rings (SSSR count). The van der Waals surface area contributed by atoms with Gasteiger partial charge in [0.15, 0.2) is 0 Å². The van der Waals surface area contributed by atoms with Crippen LogP contribution >= 0.6 is 0 Å². The fourth-order valence-corrected chi connectivity index (χ4v) is 9.66. The highest BCUT2D eigenvalue weighted by Crippen LogP contribution is 2.71. The maximum atomic E-state index is 10.5. The largest absolute Gasteiger partial charge is 0.504 e. The summed E-state index contributed by atoms with van der Waals surface area (Å²) in [4.78, 5) is 0. The first-order valence-electron chi connectivity index (χ1n) is 13.8. The van der Waals surface area contributed by atoms with Crippen LogP contribution in [0.4, 0.5) is 0 Å². The fourth-order valence-electron chi connectivity index (χ4n) is 9.66. The lowest BCUT2D eigenvalue weighted by Gasteiger charge is -2.63. The van der Waals surface area contributed by atoms with Crippen molar-refractivity contribution in [3.63, 3.8) is 0 Å². The third kappa shape index (κ3) is 3.75. The average Bonchev–Trinajstić information content (AvgIpc) is 3.11.